The summed E-state index contributed by atoms with van der Waals surface area (Å²) < 4.78 is 1.49. The van der Waals surface area contributed by atoms with Crippen molar-refractivity contribution in [3.63, 3.8) is 0 Å². The highest BCUT2D eigenvalue weighted by molar-refractivity contribution is 5.47. The Hall–Kier alpha value is -1.85. The molecule has 0 aliphatic carbocycles. The van der Waals surface area contributed by atoms with E-state index in [1.54, 1.807) is 0 Å². The van der Waals surface area contributed by atoms with Gasteiger partial charge in [0.2, 0.25) is 5.95 Å². The number of H-pyrrole nitrogens is 1. The lowest BCUT2D eigenvalue weighted by atomic mass is 10.1. The SMILES string of the molecule is Cc1nc(CC(C)C)n2c(=O)[nH]c(N)nc12. The molecule has 0 aromatic carbocycles. The lowest BCUT2D eigenvalue weighted by Crippen LogP contribution is -2.21. The molecule has 2 rings (SSSR count). The highest BCUT2D eigenvalue weighted by atomic mass is 16.1. The van der Waals surface area contributed by atoms with Gasteiger partial charge in [-0.25, -0.2) is 14.2 Å². The Kier molecular flexibility index (Phi) is 2.41. The molecule has 16 heavy (non-hydrogen) atoms. The molecule has 0 fully saturated rings. The third-order valence-corrected chi connectivity index (χ3v) is 2.35. The molecule has 86 valence electrons. The smallest absolute Gasteiger partial charge is 0.335 e. The summed E-state index contributed by atoms with van der Waals surface area (Å²) >= 11 is 0. The van der Waals surface area contributed by atoms with Gasteiger partial charge >= 0.3 is 5.69 Å². The number of anilines is 1. The molecule has 0 bridgehead atoms. The summed E-state index contributed by atoms with van der Waals surface area (Å²) in [6.45, 7) is 5.98. The Balaban J connectivity index is 2.73. The van der Waals surface area contributed by atoms with Gasteiger partial charge in [0, 0.05) is 6.42 Å². The third kappa shape index (κ3) is 1.66. The van der Waals surface area contributed by atoms with E-state index in [0.717, 1.165) is 17.9 Å². The predicted molar refractivity (Wildman–Crippen MR) is 61.3 cm³/mol. The topological polar surface area (TPSA) is 89.1 Å². The maximum Gasteiger partial charge on any atom is 0.335 e. The van der Waals surface area contributed by atoms with Crippen LogP contribution in [0.1, 0.15) is 25.4 Å². The first-order valence-electron chi connectivity index (χ1n) is 5.22. The van der Waals surface area contributed by atoms with E-state index < -0.39 is 0 Å². The van der Waals surface area contributed by atoms with Gasteiger partial charge in [-0.15, -0.1) is 0 Å². The van der Waals surface area contributed by atoms with Crippen molar-refractivity contribution < 1.29 is 0 Å². The Bertz CT molecular complexity index is 581. The average molecular weight is 221 g/mol. The summed E-state index contributed by atoms with van der Waals surface area (Å²) in [6.07, 6.45) is 0.740. The second-order valence-electron chi connectivity index (χ2n) is 4.30. The maximum atomic E-state index is 11.8. The number of aryl methyl sites for hydroxylation is 1. The van der Waals surface area contributed by atoms with Gasteiger partial charge in [0.1, 0.15) is 5.82 Å². The Morgan fingerprint density at radius 2 is 2.12 bits per heavy atom. The first-order valence-corrected chi connectivity index (χ1v) is 5.22. The van der Waals surface area contributed by atoms with Gasteiger partial charge in [0.25, 0.3) is 0 Å². The molecule has 2 aromatic rings. The summed E-state index contributed by atoms with van der Waals surface area (Å²) in [5.41, 5.74) is 6.49. The number of nitrogens with two attached hydrogens (primary N) is 1. The molecule has 2 aromatic heterocycles. The van der Waals surface area contributed by atoms with Crippen LogP contribution in [0.2, 0.25) is 0 Å². The number of fused-ring (bicyclic) bond motifs is 1. The molecule has 0 amide bonds. The number of nitrogens with one attached hydrogen (secondary N) is 1. The van der Waals surface area contributed by atoms with Crippen molar-refractivity contribution >= 4 is 11.6 Å². The Morgan fingerprint density at radius 1 is 1.44 bits per heavy atom. The number of nitrogens with zero attached hydrogens (tertiary/aromatic N) is 3. The number of imidazole rings is 1. The monoisotopic (exact) mass is 221 g/mol. The van der Waals surface area contributed by atoms with Crippen LogP contribution in [0.15, 0.2) is 4.79 Å². The molecule has 0 unspecified atom stereocenters. The summed E-state index contributed by atoms with van der Waals surface area (Å²) in [6, 6.07) is 0. The summed E-state index contributed by atoms with van der Waals surface area (Å²) in [7, 11) is 0. The van der Waals surface area contributed by atoms with Crippen LogP contribution in [0.25, 0.3) is 5.65 Å². The zero-order chi connectivity index (χ0) is 11.9. The van der Waals surface area contributed by atoms with Crippen molar-refractivity contribution in [3.8, 4) is 0 Å². The standard InChI is InChI=1S/C10H15N5O/c1-5(2)4-7-12-6(3)8-13-9(11)14-10(16)15(7)8/h5H,4H2,1-3H3,(H3,11,13,14,16). The number of rotatable bonds is 2. The van der Waals surface area contributed by atoms with Crippen LogP contribution in [0.4, 0.5) is 5.95 Å². The van der Waals surface area contributed by atoms with Gasteiger partial charge in [-0.05, 0) is 12.8 Å². The van der Waals surface area contributed by atoms with Gasteiger partial charge in [0.05, 0.1) is 5.69 Å². The molecule has 6 heteroatoms. The van der Waals surface area contributed by atoms with Crippen molar-refractivity contribution in [2.75, 3.05) is 5.73 Å². The molecule has 0 radical (unpaired) electrons. The average Bonchev–Trinajstić information content (AvgIpc) is 2.42. The minimum absolute atomic E-state index is 0.122. The lowest BCUT2D eigenvalue weighted by Gasteiger charge is -2.02. The van der Waals surface area contributed by atoms with E-state index in [0.29, 0.717) is 11.6 Å². The van der Waals surface area contributed by atoms with Crippen molar-refractivity contribution in [1.29, 1.82) is 0 Å². The van der Waals surface area contributed by atoms with Gasteiger partial charge in [-0.2, -0.15) is 4.98 Å². The number of hydrogen-bond acceptors (Lipinski definition) is 4. The van der Waals surface area contributed by atoms with Crippen LogP contribution in [0, 0.1) is 12.8 Å². The fourth-order valence-corrected chi connectivity index (χ4v) is 1.73. The molecule has 0 atom stereocenters. The van der Waals surface area contributed by atoms with Crippen LogP contribution in [0.3, 0.4) is 0 Å². The number of hydrogen-bond donors (Lipinski definition) is 2. The van der Waals surface area contributed by atoms with E-state index in [4.69, 9.17) is 5.73 Å². The minimum Gasteiger partial charge on any atom is -0.369 e. The zero-order valence-electron chi connectivity index (χ0n) is 9.61. The normalized spacial score (nSPS) is 11.5. The second-order valence-corrected chi connectivity index (χ2v) is 4.30. The number of aromatic nitrogens is 4. The Labute approximate surface area is 92.5 Å². The van der Waals surface area contributed by atoms with Crippen molar-refractivity contribution in [2.24, 2.45) is 5.92 Å². The van der Waals surface area contributed by atoms with Crippen LogP contribution in [-0.4, -0.2) is 19.4 Å². The molecule has 0 aliphatic rings. The number of aromatic amines is 1. The lowest BCUT2D eigenvalue weighted by molar-refractivity contribution is 0.614. The van der Waals surface area contributed by atoms with Gasteiger partial charge in [-0.3, -0.25) is 4.98 Å². The van der Waals surface area contributed by atoms with Crippen LogP contribution < -0.4 is 11.4 Å². The van der Waals surface area contributed by atoms with E-state index in [9.17, 15) is 4.79 Å². The highest BCUT2D eigenvalue weighted by Crippen LogP contribution is 2.11. The van der Waals surface area contributed by atoms with E-state index in [1.165, 1.54) is 4.40 Å². The summed E-state index contributed by atoms with van der Waals surface area (Å²) in [5.74, 6) is 1.29. The second kappa shape index (κ2) is 3.62. The van der Waals surface area contributed by atoms with E-state index >= 15 is 0 Å². The quantitative estimate of drug-likeness (QED) is 0.773. The van der Waals surface area contributed by atoms with Crippen molar-refractivity contribution in [1.82, 2.24) is 19.4 Å². The molecule has 0 aliphatic heterocycles. The van der Waals surface area contributed by atoms with E-state index in [1.807, 2.05) is 6.92 Å². The van der Waals surface area contributed by atoms with Crippen molar-refractivity contribution in [2.45, 2.75) is 27.2 Å². The minimum atomic E-state index is -0.279. The zero-order valence-corrected chi connectivity index (χ0v) is 9.61. The van der Waals surface area contributed by atoms with Crippen molar-refractivity contribution in [3.05, 3.63) is 22.0 Å². The number of nitrogen functional groups attached to an aromatic ring is 1. The predicted octanol–water partition coefficient (Wildman–Crippen LogP) is 0.507. The van der Waals surface area contributed by atoms with Gasteiger partial charge < -0.3 is 5.73 Å². The van der Waals surface area contributed by atoms with E-state index in [-0.39, 0.29) is 11.6 Å². The highest BCUT2D eigenvalue weighted by Gasteiger charge is 2.13. The van der Waals surface area contributed by atoms with Crippen LogP contribution >= 0.6 is 0 Å². The molecule has 0 spiro atoms. The van der Waals surface area contributed by atoms with Crippen LogP contribution in [0.5, 0.6) is 0 Å². The van der Waals surface area contributed by atoms with Crippen LogP contribution in [-0.2, 0) is 6.42 Å². The molecule has 6 nitrogen and oxygen atoms in total. The van der Waals surface area contributed by atoms with Gasteiger partial charge in [-0.1, -0.05) is 13.8 Å². The Morgan fingerprint density at radius 3 is 2.75 bits per heavy atom. The fraction of sp³-hybridized carbons (Fsp3) is 0.500. The summed E-state index contributed by atoms with van der Waals surface area (Å²) in [4.78, 5) is 22.7. The first kappa shape index (κ1) is 10.7. The first-order chi connectivity index (χ1) is 7.49. The fourth-order valence-electron chi connectivity index (χ4n) is 1.73. The molecular formula is C10H15N5O. The molecule has 2 heterocycles. The molecular weight excluding hydrogens is 206 g/mol. The van der Waals surface area contributed by atoms with Gasteiger partial charge in [0.15, 0.2) is 5.65 Å². The molecule has 0 saturated carbocycles. The van der Waals surface area contributed by atoms with E-state index in [2.05, 4.69) is 28.8 Å². The molecule has 0 saturated heterocycles. The summed E-state index contributed by atoms with van der Waals surface area (Å²) in [5, 5.41) is 0. The molecule has 3 N–H and O–H groups in total. The largest absolute Gasteiger partial charge is 0.369 e. The third-order valence-electron chi connectivity index (χ3n) is 2.35. The maximum absolute atomic E-state index is 11.8.